The fraction of sp³-hybridized carbons (Fsp3) is 0.429. The van der Waals surface area contributed by atoms with Crippen molar-refractivity contribution in [1.82, 2.24) is 15.6 Å². The lowest BCUT2D eigenvalue weighted by Crippen LogP contribution is -2.36. The topological polar surface area (TPSA) is 54.0 Å². The van der Waals surface area contributed by atoms with Crippen molar-refractivity contribution in [3.8, 4) is 0 Å². The molecule has 3 atom stereocenters. The first kappa shape index (κ1) is 23.1. The summed E-state index contributed by atoms with van der Waals surface area (Å²) < 4.78 is 76.5. The maximum atomic E-state index is 12.9. The van der Waals surface area contributed by atoms with E-state index in [1.807, 2.05) is 0 Å². The van der Waals surface area contributed by atoms with E-state index in [-0.39, 0.29) is 11.8 Å². The van der Waals surface area contributed by atoms with Crippen molar-refractivity contribution in [3.63, 3.8) is 0 Å². The molecule has 0 bridgehead atoms. The molecule has 0 saturated carbocycles. The van der Waals surface area contributed by atoms with E-state index in [9.17, 15) is 31.1 Å². The molecule has 0 spiro atoms. The van der Waals surface area contributed by atoms with Crippen molar-refractivity contribution < 1.29 is 31.1 Å². The van der Waals surface area contributed by atoms with Crippen LogP contribution in [0.2, 0.25) is 0 Å². The summed E-state index contributed by atoms with van der Waals surface area (Å²) in [4.78, 5) is 16.3. The fourth-order valence-electron chi connectivity index (χ4n) is 3.70. The van der Waals surface area contributed by atoms with Gasteiger partial charge in [-0.1, -0.05) is 25.1 Å². The third kappa shape index (κ3) is 5.36. The van der Waals surface area contributed by atoms with Gasteiger partial charge in [-0.2, -0.15) is 26.3 Å². The molecule has 1 aliphatic rings. The van der Waals surface area contributed by atoms with Crippen LogP contribution < -0.4 is 10.6 Å². The molecule has 1 aromatic heterocycles. The maximum absolute atomic E-state index is 12.9. The molecule has 0 aliphatic carbocycles. The van der Waals surface area contributed by atoms with Crippen LogP contribution in [0.4, 0.5) is 26.3 Å². The van der Waals surface area contributed by atoms with E-state index in [0.29, 0.717) is 30.6 Å². The van der Waals surface area contributed by atoms with Crippen molar-refractivity contribution in [2.24, 2.45) is 5.92 Å². The number of nitrogens with one attached hydrogen (secondary N) is 2. The molecule has 31 heavy (non-hydrogen) atoms. The quantitative estimate of drug-likeness (QED) is 0.657. The van der Waals surface area contributed by atoms with Gasteiger partial charge in [-0.3, -0.25) is 9.78 Å². The lowest BCUT2D eigenvalue weighted by Gasteiger charge is -2.23. The number of nitrogens with zero attached hydrogens (tertiary/aromatic N) is 1. The van der Waals surface area contributed by atoms with E-state index in [1.54, 1.807) is 6.92 Å². The molecule has 1 saturated heterocycles. The number of hydrogen-bond donors (Lipinski definition) is 2. The average molecular weight is 445 g/mol. The van der Waals surface area contributed by atoms with Gasteiger partial charge in [0.25, 0.3) is 0 Å². The van der Waals surface area contributed by atoms with E-state index >= 15 is 0 Å². The third-order valence-electron chi connectivity index (χ3n) is 5.42. The Hall–Kier alpha value is -2.62. The Morgan fingerprint density at radius 2 is 1.74 bits per heavy atom. The number of halogens is 6. The Balaban J connectivity index is 1.72. The number of carbonyl (C=O) groups is 1. The second-order valence-corrected chi connectivity index (χ2v) is 7.43. The SMILES string of the molecule is CC[C@H](NC(=O)[C@@H]1CNC[C@H]1c1ccc(C(F)(F)F)cc1)c1ccc(C(F)(F)F)nc1. The fourth-order valence-corrected chi connectivity index (χ4v) is 3.70. The van der Waals surface area contributed by atoms with Crippen LogP contribution in [0, 0.1) is 5.92 Å². The van der Waals surface area contributed by atoms with Gasteiger partial charge >= 0.3 is 12.4 Å². The standard InChI is InChI=1S/C21H21F6N3O/c1-2-17(13-5-8-18(29-9-13)21(25,26)27)30-19(31)16-11-28-10-15(16)12-3-6-14(7-4-12)20(22,23)24/h3-9,15-17,28H,2,10-11H2,1H3,(H,30,31)/t15-,16+,17-/m0/s1. The van der Waals surface area contributed by atoms with Gasteiger partial charge in [-0.15, -0.1) is 0 Å². The van der Waals surface area contributed by atoms with Crippen molar-refractivity contribution in [2.45, 2.75) is 37.7 Å². The summed E-state index contributed by atoms with van der Waals surface area (Å²) in [6, 6.07) is 6.35. The zero-order chi connectivity index (χ0) is 22.8. The van der Waals surface area contributed by atoms with Gasteiger partial charge in [0.2, 0.25) is 5.91 Å². The molecule has 2 N–H and O–H groups in total. The van der Waals surface area contributed by atoms with E-state index in [0.717, 1.165) is 24.4 Å². The van der Waals surface area contributed by atoms with Crippen LogP contribution in [0.3, 0.4) is 0 Å². The molecule has 4 nitrogen and oxygen atoms in total. The first-order valence-electron chi connectivity index (χ1n) is 9.72. The Morgan fingerprint density at radius 1 is 1.06 bits per heavy atom. The van der Waals surface area contributed by atoms with Crippen LogP contribution in [0.15, 0.2) is 42.6 Å². The molecule has 2 aromatic rings. The van der Waals surface area contributed by atoms with Gasteiger partial charge in [-0.25, -0.2) is 0 Å². The molecule has 1 aromatic carbocycles. The smallest absolute Gasteiger partial charge is 0.349 e. The van der Waals surface area contributed by atoms with Gasteiger partial charge in [0.15, 0.2) is 0 Å². The molecule has 0 radical (unpaired) electrons. The Morgan fingerprint density at radius 3 is 2.26 bits per heavy atom. The molecule has 1 fully saturated rings. The highest BCUT2D eigenvalue weighted by Crippen LogP contribution is 2.34. The number of rotatable bonds is 5. The second-order valence-electron chi connectivity index (χ2n) is 7.43. The molecule has 3 rings (SSSR count). The van der Waals surface area contributed by atoms with Crippen LogP contribution in [-0.4, -0.2) is 24.0 Å². The number of aromatic nitrogens is 1. The number of pyridine rings is 1. The number of benzene rings is 1. The highest BCUT2D eigenvalue weighted by Gasteiger charge is 2.36. The number of hydrogen-bond acceptors (Lipinski definition) is 3. The predicted octanol–water partition coefficient (Wildman–Crippen LogP) is 4.69. The normalized spacial score (nSPS) is 20.5. The summed E-state index contributed by atoms with van der Waals surface area (Å²) in [5.41, 5.74) is -0.716. The monoisotopic (exact) mass is 445 g/mol. The minimum absolute atomic E-state index is 0.314. The number of alkyl halides is 6. The number of amides is 1. The molecule has 1 amide bonds. The van der Waals surface area contributed by atoms with Crippen molar-refractivity contribution in [2.75, 3.05) is 13.1 Å². The zero-order valence-corrected chi connectivity index (χ0v) is 16.5. The predicted molar refractivity (Wildman–Crippen MR) is 101 cm³/mol. The maximum Gasteiger partial charge on any atom is 0.433 e. The second kappa shape index (κ2) is 8.86. The summed E-state index contributed by atoms with van der Waals surface area (Å²) >= 11 is 0. The summed E-state index contributed by atoms with van der Waals surface area (Å²) in [5, 5.41) is 5.92. The molecule has 10 heteroatoms. The van der Waals surface area contributed by atoms with Gasteiger partial charge < -0.3 is 10.6 Å². The van der Waals surface area contributed by atoms with Gasteiger partial charge in [0.05, 0.1) is 17.5 Å². The largest absolute Gasteiger partial charge is 0.433 e. The Bertz CT molecular complexity index is 893. The highest BCUT2D eigenvalue weighted by molar-refractivity contribution is 5.81. The average Bonchev–Trinajstić information content (AvgIpc) is 3.21. The molecular formula is C21H21F6N3O. The van der Waals surface area contributed by atoms with E-state index in [4.69, 9.17) is 0 Å². The summed E-state index contributed by atoms with van der Waals surface area (Å²) in [5.74, 6) is -1.15. The summed E-state index contributed by atoms with van der Waals surface area (Å²) in [7, 11) is 0. The first-order valence-corrected chi connectivity index (χ1v) is 9.72. The first-order chi connectivity index (χ1) is 14.5. The summed E-state index contributed by atoms with van der Waals surface area (Å²) in [6.07, 6.45) is -7.46. The van der Waals surface area contributed by atoms with Gasteiger partial charge in [0, 0.05) is 25.2 Å². The molecule has 2 heterocycles. The zero-order valence-electron chi connectivity index (χ0n) is 16.5. The van der Waals surface area contributed by atoms with Crippen molar-refractivity contribution >= 4 is 5.91 Å². The Kier molecular flexibility index (Phi) is 6.59. The van der Waals surface area contributed by atoms with Crippen molar-refractivity contribution in [3.05, 3.63) is 65.0 Å². The van der Waals surface area contributed by atoms with Crippen LogP contribution in [0.1, 0.15) is 47.7 Å². The van der Waals surface area contributed by atoms with Crippen LogP contribution in [0.25, 0.3) is 0 Å². The van der Waals surface area contributed by atoms with Crippen LogP contribution in [0.5, 0.6) is 0 Å². The van der Waals surface area contributed by atoms with E-state index in [2.05, 4.69) is 15.6 Å². The van der Waals surface area contributed by atoms with E-state index < -0.39 is 35.6 Å². The molecule has 168 valence electrons. The van der Waals surface area contributed by atoms with Crippen LogP contribution in [-0.2, 0) is 17.1 Å². The van der Waals surface area contributed by atoms with Gasteiger partial charge in [0.1, 0.15) is 5.69 Å². The summed E-state index contributed by atoms with van der Waals surface area (Å²) in [6.45, 7) is 2.56. The van der Waals surface area contributed by atoms with Gasteiger partial charge in [-0.05, 0) is 35.7 Å². The molecular weight excluding hydrogens is 424 g/mol. The minimum Gasteiger partial charge on any atom is -0.349 e. The third-order valence-corrected chi connectivity index (χ3v) is 5.42. The minimum atomic E-state index is -4.55. The Labute approximate surface area is 175 Å². The van der Waals surface area contributed by atoms with Crippen LogP contribution >= 0.6 is 0 Å². The van der Waals surface area contributed by atoms with Crippen molar-refractivity contribution in [1.29, 1.82) is 0 Å². The molecule has 0 unspecified atom stereocenters. The highest BCUT2D eigenvalue weighted by atomic mass is 19.4. The number of carbonyl (C=O) groups excluding carboxylic acids is 1. The molecule has 1 aliphatic heterocycles. The lowest BCUT2D eigenvalue weighted by molar-refractivity contribution is -0.141. The van der Waals surface area contributed by atoms with E-state index in [1.165, 1.54) is 18.2 Å². The lowest BCUT2D eigenvalue weighted by atomic mass is 9.87.